The molecule has 0 bridgehead atoms. The Kier molecular flexibility index (Phi) is 3.93. The number of carbonyl (C=O) groups is 1. The van der Waals surface area contributed by atoms with Crippen LogP contribution in [-0.4, -0.2) is 15.4 Å². The number of ether oxygens (including phenoxy) is 1. The maximum absolute atomic E-state index is 12.7. The van der Waals surface area contributed by atoms with Gasteiger partial charge in [-0.3, -0.25) is 0 Å². The topological polar surface area (TPSA) is 59.4 Å². The van der Waals surface area contributed by atoms with Gasteiger partial charge in [0.05, 0.1) is 22.2 Å². The summed E-state index contributed by atoms with van der Waals surface area (Å²) in [5.74, 6) is -1.54. The lowest BCUT2D eigenvalue weighted by atomic mass is 10.2. The highest BCUT2D eigenvalue weighted by Gasteiger charge is 2.34. The zero-order valence-corrected chi connectivity index (χ0v) is 10.7. The average molecular weight is 303 g/mol. The number of nitrogens with zero attached hydrogens (tertiary/aromatic N) is 1. The smallest absolute Gasteiger partial charge is 0.419 e. The summed E-state index contributed by atoms with van der Waals surface area (Å²) in [5, 5.41) is 8.87. The number of benzene rings is 1. The van der Waals surface area contributed by atoms with E-state index in [0.717, 1.165) is 23.8 Å². The van der Waals surface area contributed by atoms with Crippen molar-refractivity contribution in [3.05, 3.63) is 46.5 Å². The fraction of sp³-hybridized carbons (Fsp3) is 0.167. The van der Waals surface area contributed by atoms with Crippen LogP contribution < -0.4 is 4.74 Å². The third-order valence-corrected chi connectivity index (χ3v) is 3.20. The fourth-order valence-electron chi connectivity index (χ4n) is 1.51. The number of hydrogen-bond donors (Lipinski definition) is 1. The molecule has 2 aromatic rings. The number of halogens is 3. The zero-order chi connectivity index (χ0) is 14.8. The van der Waals surface area contributed by atoms with Gasteiger partial charge in [-0.1, -0.05) is 12.1 Å². The molecule has 0 amide bonds. The van der Waals surface area contributed by atoms with Gasteiger partial charge < -0.3 is 9.84 Å². The van der Waals surface area contributed by atoms with Crippen molar-refractivity contribution in [3.63, 3.8) is 0 Å². The van der Waals surface area contributed by atoms with E-state index in [1.165, 1.54) is 18.2 Å². The van der Waals surface area contributed by atoms with E-state index in [9.17, 15) is 18.0 Å². The molecule has 0 spiro atoms. The molecule has 2 rings (SSSR count). The SMILES string of the molecule is O=C(O)c1cnsc1COc1ccccc1C(F)(F)F. The minimum absolute atomic E-state index is 0.0699. The third kappa shape index (κ3) is 3.08. The van der Waals surface area contributed by atoms with Crippen LogP contribution in [0.4, 0.5) is 13.2 Å². The van der Waals surface area contributed by atoms with Crippen molar-refractivity contribution in [1.29, 1.82) is 0 Å². The molecule has 0 saturated carbocycles. The molecule has 1 aromatic heterocycles. The van der Waals surface area contributed by atoms with Crippen LogP contribution in [0.25, 0.3) is 0 Å². The number of para-hydroxylation sites is 1. The molecule has 1 aromatic carbocycles. The van der Waals surface area contributed by atoms with Crippen molar-refractivity contribution < 1.29 is 27.8 Å². The van der Waals surface area contributed by atoms with Crippen LogP contribution >= 0.6 is 11.5 Å². The molecule has 1 heterocycles. The highest BCUT2D eigenvalue weighted by Crippen LogP contribution is 2.36. The normalized spacial score (nSPS) is 11.3. The molecule has 0 atom stereocenters. The molecule has 8 heteroatoms. The van der Waals surface area contributed by atoms with E-state index in [1.807, 2.05) is 0 Å². The standard InChI is InChI=1S/C12H8F3NO3S/c13-12(14,15)8-3-1-2-4-9(8)19-6-10-7(11(17)18)5-16-20-10/h1-5H,6H2,(H,17,18). The molecule has 0 aliphatic rings. The summed E-state index contributed by atoms with van der Waals surface area (Å²) in [4.78, 5) is 11.1. The van der Waals surface area contributed by atoms with Crippen molar-refractivity contribution in [2.24, 2.45) is 0 Å². The summed E-state index contributed by atoms with van der Waals surface area (Å²) in [6.45, 7) is -0.278. The Bertz CT molecular complexity index is 624. The molecule has 0 saturated heterocycles. The van der Waals surface area contributed by atoms with Gasteiger partial charge in [-0.25, -0.2) is 4.79 Å². The monoisotopic (exact) mass is 303 g/mol. The van der Waals surface area contributed by atoms with Gasteiger partial charge in [0.1, 0.15) is 12.4 Å². The van der Waals surface area contributed by atoms with Crippen LogP contribution in [0, 0.1) is 0 Å². The fourth-order valence-corrected chi connectivity index (χ4v) is 2.15. The summed E-state index contributed by atoms with van der Waals surface area (Å²) in [6, 6.07) is 4.75. The van der Waals surface area contributed by atoms with Crippen LogP contribution in [0.15, 0.2) is 30.5 Å². The van der Waals surface area contributed by atoms with Crippen molar-refractivity contribution >= 4 is 17.5 Å². The largest absolute Gasteiger partial charge is 0.487 e. The lowest BCUT2D eigenvalue weighted by molar-refractivity contribution is -0.139. The lowest BCUT2D eigenvalue weighted by Gasteiger charge is -2.13. The van der Waals surface area contributed by atoms with E-state index in [1.54, 1.807) is 0 Å². The maximum atomic E-state index is 12.7. The first-order valence-electron chi connectivity index (χ1n) is 5.35. The van der Waals surface area contributed by atoms with E-state index in [0.29, 0.717) is 0 Å². The van der Waals surface area contributed by atoms with Crippen LogP contribution in [0.3, 0.4) is 0 Å². The van der Waals surface area contributed by atoms with E-state index in [4.69, 9.17) is 9.84 Å². The number of rotatable bonds is 4. The van der Waals surface area contributed by atoms with Gasteiger partial charge >= 0.3 is 12.1 Å². The summed E-state index contributed by atoms with van der Waals surface area (Å²) in [7, 11) is 0. The molecule has 0 radical (unpaired) electrons. The van der Waals surface area contributed by atoms with E-state index in [-0.39, 0.29) is 22.8 Å². The number of carboxylic acid groups (broad SMARTS) is 1. The Hall–Kier alpha value is -2.09. The van der Waals surface area contributed by atoms with E-state index < -0.39 is 17.7 Å². The average Bonchev–Trinajstić information content (AvgIpc) is 2.84. The molecule has 0 aliphatic carbocycles. The Morgan fingerprint density at radius 1 is 1.35 bits per heavy atom. The van der Waals surface area contributed by atoms with Gasteiger partial charge in [0, 0.05) is 0 Å². The second kappa shape index (κ2) is 5.49. The minimum Gasteiger partial charge on any atom is -0.487 e. The lowest BCUT2D eigenvalue weighted by Crippen LogP contribution is -2.09. The maximum Gasteiger partial charge on any atom is 0.419 e. The Morgan fingerprint density at radius 3 is 2.70 bits per heavy atom. The molecule has 106 valence electrons. The quantitative estimate of drug-likeness (QED) is 0.940. The first-order chi connectivity index (χ1) is 9.39. The predicted octanol–water partition coefficient (Wildman–Crippen LogP) is 3.44. The van der Waals surface area contributed by atoms with E-state index in [2.05, 4.69) is 4.37 Å². The van der Waals surface area contributed by atoms with Crippen LogP contribution in [0.5, 0.6) is 5.75 Å². The predicted molar refractivity (Wildman–Crippen MR) is 64.8 cm³/mol. The Labute approximate surface area is 115 Å². The number of hydrogen-bond acceptors (Lipinski definition) is 4. The van der Waals surface area contributed by atoms with Crippen LogP contribution in [-0.2, 0) is 12.8 Å². The molecule has 0 aliphatic heterocycles. The number of aromatic nitrogens is 1. The molecular formula is C12H8F3NO3S. The van der Waals surface area contributed by atoms with Gasteiger partial charge in [0.15, 0.2) is 0 Å². The summed E-state index contributed by atoms with van der Waals surface area (Å²) >= 11 is 0.873. The summed E-state index contributed by atoms with van der Waals surface area (Å²) < 4.78 is 47.0. The van der Waals surface area contributed by atoms with Crippen LogP contribution in [0.1, 0.15) is 20.8 Å². The molecule has 0 fully saturated rings. The molecular weight excluding hydrogens is 295 g/mol. The number of alkyl halides is 3. The second-order valence-corrected chi connectivity index (χ2v) is 4.64. The Balaban J connectivity index is 2.20. The Morgan fingerprint density at radius 2 is 2.05 bits per heavy atom. The molecule has 20 heavy (non-hydrogen) atoms. The van der Waals surface area contributed by atoms with Gasteiger partial charge in [-0.2, -0.15) is 17.5 Å². The van der Waals surface area contributed by atoms with Gasteiger partial charge in [-0.15, -0.1) is 0 Å². The van der Waals surface area contributed by atoms with E-state index >= 15 is 0 Å². The van der Waals surface area contributed by atoms with Gasteiger partial charge in [0.2, 0.25) is 0 Å². The van der Waals surface area contributed by atoms with Crippen molar-refractivity contribution in [1.82, 2.24) is 4.37 Å². The van der Waals surface area contributed by atoms with Gasteiger partial charge in [-0.05, 0) is 23.7 Å². The first kappa shape index (κ1) is 14.3. The number of carboxylic acids is 1. The number of aromatic carboxylic acids is 1. The minimum atomic E-state index is -4.53. The summed E-state index contributed by atoms with van der Waals surface area (Å²) in [6.07, 6.45) is -3.39. The molecule has 0 unspecified atom stereocenters. The highest BCUT2D eigenvalue weighted by molar-refractivity contribution is 7.06. The highest BCUT2D eigenvalue weighted by atomic mass is 32.1. The molecule has 4 nitrogen and oxygen atoms in total. The van der Waals surface area contributed by atoms with Crippen molar-refractivity contribution in [2.45, 2.75) is 12.8 Å². The third-order valence-electron chi connectivity index (χ3n) is 2.43. The van der Waals surface area contributed by atoms with Gasteiger partial charge in [0.25, 0.3) is 0 Å². The second-order valence-electron chi connectivity index (χ2n) is 3.75. The van der Waals surface area contributed by atoms with Crippen molar-refractivity contribution in [2.75, 3.05) is 0 Å². The zero-order valence-electron chi connectivity index (χ0n) is 9.85. The van der Waals surface area contributed by atoms with Crippen LogP contribution in [0.2, 0.25) is 0 Å². The summed E-state index contributed by atoms with van der Waals surface area (Å²) in [5.41, 5.74) is -0.971. The van der Waals surface area contributed by atoms with Crippen molar-refractivity contribution in [3.8, 4) is 5.75 Å². The first-order valence-corrected chi connectivity index (χ1v) is 6.13. The molecule has 1 N–H and O–H groups in total.